The third-order valence-electron chi connectivity index (χ3n) is 5.00. The molecule has 3 aromatic rings. The van der Waals surface area contributed by atoms with Crippen molar-refractivity contribution in [2.45, 2.75) is 25.9 Å². The predicted octanol–water partition coefficient (Wildman–Crippen LogP) is 4.77. The van der Waals surface area contributed by atoms with Gasteiger partial charge in [-0.25, -0.2) is 4.98 Å². The van der Waals surface area contributed by atoms with Crippen molar-refractivity contribution < 1.29 is 9.53 Å². The largest absolute Gasteiger partial charge is 0.376 e. The van der Waals surface area contributed by atoms with E-state index in [2.05, 4.69) is 5.32 Å². The SMILES string of the molecule is Cc1c(Cl)ccc2c(C(=O)NC[C@H]3CCCO3)cc(-c3ccccc3)nc12. The highest BCUT2D eigenvalue weighted by Crippen LogP contribution is 2.30. The lowest BCUT2D eigenvalue weighted by Crippen LogP contribution is -2.32. The van der Waals surface area contributed by atoms with E-state index in [1.165, 1.54) is 0 Å². The summed E-state index contributed by atoms with van der Waals surface area (Å²) in [6.07, 6.45) is 2.14. The maximum absolute atomic E-state index is 13.0. The van der Waals surface area contributed by atoms with Crippen molar-refractivity contribution in [3.8, 4) is 11.3 Å². The van der Waals surface area contributed by atoms with Crippen LogP contribution in [0.5, 0.6) is 0 Å². The van der Waals surface area contributed by atoms with Crippen molar-refractivity contribution in [1.82, 2.24) is 10.3 Å². The lowest BCUT2D eigenvalue weighted by atomic mass is 10.0. The molecular weight excluding hydrogens is 360 g/mol. The summed E-state index contributed by atoms with van der Waals surface area (Å²) in [6.45, 7) is 3.23. The second-order valence-corrected chi connectivity index (χ2v) is 7.24. The van der Waals surface area contributed by atoms with Crippen LogP contribution >= 0.6 is 11.6 Å². The van der Waals surface area contributed by atoms with E-state index >= 15 is 0 Å². The van der Waals surface area contributed by atoms with E-state index in [0.29, 0.717) is 17.1 Å². The number of carbonyl (C=O) groups excluding carboxylic acids is 1. The molecule has 0 aliphatic carbocycles. The first-order valence-electron chi connectivity index (χ1n) is 9.18. The molecule has 2 aromatic carbocycles. The zero-order chi connectivity index (χ0) is 18.8. The number of ether oxygens (including phenoxy) is 1. The average molecular weight is 381 g/mol. The summed E-state index contributed by atoms with van der Waals surface area (Å²) in [5, 5.41) is 4.47. The third kappa shape index (κ3) is 3.68. The number of halogens is 1. The number of carbonyl (C=O) groups is 1. The molecule has 1 amide bonds. The first kappa shape index (κ1) is 18.0. The third-order valence-corrected chi connectivity index (χ3v) is 5.41. The topological polar surface area (TPSA) is 51.2 Å². The second kappa shape index (κ2) is 7.67. The average Bonchev–Trinajstić information content (AvgIpc) is 3.22. The normalized spacial score (nSPS) is 16.6. The number of benzene rings is 2. The maximum atomic E-state index is 13.0. The van der Waals surface area contributed by atoms with E-state index in [1.54, 1.807) is 0 Å². The van der Waals surface area contributed by atoms with Crippen molar-refractivity contribution in [3.05, 3.63) is 64.7 Å². The van der Waals surface area contributed by atoms with Gasteiger partial charge < -0.3 is 10.1 Å². The maximum Gasteiger partial charge on any atom is 0.252 e. The van der Waals surface area contributed by atoms with E-state index in [0.717, 1.165) is 47.2 Å². The molecule has 1 aliphatic heterocycles. The Morgan fingerprint density at radius 3 is 2.81 bits per heavy atom. The molecule has 4 rings (SSSR count). The molecule has 2 heterocycles. The number of hydrogen-bond acceptors (Lipinski definition) is 3. The highest BCUT2D eigenvalue weighted by atomic mass is 35.5. The summed E-state index contributed by atoms with van der Waals surface area (Å²) in [7, 11) is 0. The van der Waals surface area contributed by atoms with Gasteiger partial charge in [0.1, 0.15) is 0 Å². The number of aromatic nitrogens is 1. The van der Waals surface area contributed by atoms with E-state index in [-0.39, 0.29) is 12.0 Å². The van der Waals surface area contributed by atoms with Crippen LogP contribution in [-0.2, 0) is 4.74 Å². The second-order valence-electron chi connectivity index (χ2n) is 6.83. The Kier molecular flexibility index (Phi) is 5.10. The fourth-order valence-corrected chi connectivity index (χ4v) is 3.61. The molecular formula is C22H21ClN2O2. The van der Waals surface area contributed by atoms with Crippen molar-refractivity contribution in [1.29, 1.82) is 0 Å². The molecule has 1 aromatic heterocycles. The Hall–Kier alpha value is -2.43. The quantitative estimate of drug-likeness (QED) is 0.709. The van der Waals surface area contributed by atoms with Crippen LogP contribution in [0.25, 0.3) is 22.2 Å². The Balaban J connectivity index is 1.77. The zero-order valence-corrected chi connectivity index (χ0v) is 15.9. The monoisotopic (exact) mass is 380 g/mol. The Morgan fingerprint density at radius 1 is 1.26 bits per heavy atom. The van der Waals surface area contributed by atoms with Crippen LogP contribution in [-0.4, -0.2) is 30.1 Å². The van der Waals surface area contributed by atoms with Crippen LogP contribution in [0.15, 0.2) is 48.5 Å². The van der Waals surface area contributed by atoms with Crippen molar-refractivity contribution in [2.75, 3.05) is 13.2 Å². The van der Waals surface area contributed by atoms with Gasteiger partial charge in [0.25, 0.3) is 5.91 Å². The summed E-state index contributed by atoms with van der Waals surface area (Å²) in [4.78, 5) is 17.8. The molecule has 1 atom stereocenters. The minimum atomic E-state index is -0.114. The van der Waals surface area contributed by atoms with Gasteiger partial charge in [-0.15, -0.1) is 0 Å². The zero-order valence-electron chi connectivity index (χ0n) is 15.2. The fraction of sp³-hybridized carbons (Fsp3) is 0.273. The van der Waals surface area contributed by atoms with Crippen LogP contribution in [0.4, 0.5) is 0 Å². The summed E-state index contributed by atoms with van der Waals surface area (Å²) >= 11 is 6.31. The van der Waals surface area contributed by atoms with Gasteiger partial charge >= 0.3 is 0 Å². The molecule has 0 unspecified atom stereocenters. The standard InChI is InChI=1S/C22H21ClN2O2/c1-14-19(23)10-9-17-18(22(26)24-13-16-8-5-11-27-16)12-20(25-21(14)17)15-6-3-2-4-7-15/h2-4,6-7,9-10,12,16H,5,8,11,13H2,1H3,(H,24,26)/t16-/m1/s1. The minimum Gasteiger partial charge on any atom is -0.376 e. The number of hydrogen-bond donors (Lipinski definition) is 1. The predicted molar refractivity (Wildman–Crippen MR) is 108 cm³/mol. The molecule has 1 aliphatic rings. The van der Waals surface area contributed by atoms with E-state index in [1.807, 2.05) is 55.5 Å². The number of nitrogens with one attached hydrogen (secondary N) is 1. The van der Waals surface area contributed by atoms with Gasteiger partial charge in [0.05, 0.1) is 22.9 Å². The van der Waals surface area contributed by atoms with Gasteiger partial charge in [-0.2, -0.15) is 0 Å². The summed E-state index contributed by atoms with van der Waals surface area (Å²) in [6, 6.07) is 15.4. The van der Waals surface area contributed by atoms with Gasteiger partial charge in [-0.05, 0) is 37.5 Å². The Labute approximate surface area is 163 Å². The summed E-state index contributed by atoms with van der Waals surface area (Å²) in [5.74, 6) is -0.114. The lowest BCUT2D eigenvalue weighted by Gasteiger charge is -2.14. The highest BCUT2D eigenvalue weighted by molar-refractivity contribution is 6.32. The van der Waals surface area contributed by atoms with Crippen molar-refractivity contribution >= 4 is 28.4 Å². The van der Waals surface area contributed by atoms with Gasteiger partial charge in [0.2, 0.25) is 0 Å². The Bertz CT molecular complexity index is 983. The molecule has 4 nitrogen and oxygen atoms in total. The number of fused-ring (bicyclic) bond motifs is 1. The van der Waals surface area contributed by atoms with E-state index < -0.39 is 0 Å². The molecule has 0 spiro atoms. The molecule has 1 N–H and O–H groups in total. The molecule has 5 heteroatoms. The van der Waals surface area contributed by atoms with Gasteiger partial charge in [-0.3, -0.25) is 4.79 Å². The minimum absolute atomic E-state index is 0.104. The van der Waals surface area contributed by atoms with Crippen LogP contribution in [0, 0.1) is 6.92 Å². The Morgan fingerprint density at radius 2 is 2.07 bits per heavy atom. The molecule has 0 bridgehead atoms. The summed E-state index contributed by atoms with van der Waals surface area (Å²) < 4.78 is 5.61. The molecule has 0 saturated carbocycles. The fourth-order valence-electron chi connectivity index (χ4n) is 3.46. The number of amides is 1. The van der Waals surface area contributed by atoms with Crippen LogP contribution < -0.4 is 5.32 Å². The molecule has 138 valence electrons. The first-order valence-corrected chi connectivity index (χ1v) is 9.56. The van der Waals surface area contributed by atoms with Crippen LogP contribution in [0.2, 0.25) is 5.02 Å². The molecule has 1 saturated heterocycles. The molecule has 1 fully saturated rings. The van der Waals surface area contributed by atoms with Crippen LogP contribution in [0.3, 0.4) is 0 Å². The lowest BCUT2D eigenvalue weighted by molar-refractivity contribution is 0.0859. The van der Waals surface area contributed by atoms with Crippen molar-refractivity contribution in [2.24, 2.45) is 0 Å². The van der Waals surface area contributed by atoms with Crippen LogP contribution in [0.1, 0.15) is 28.8 Å². The number of nitrogens with zero attached hydrogens (tertiary/aromatic N) is 1. The smallest absolute Gasteiger partial charge is 0.252 e. The number of rotatable bonds is 4. The van der Waals surface area contributed by atoms with Gasteiger partial charge in [-0.1, -0.05) is 48.0 Å². The summed E-state index contributed by atoms with van der Waals surface area (Å²) in [5.41, 5.74) is 3.96. The molecule has 27 heavy (non-hydrogen) atoms. The highest BCUT2D eigenvalue weighted by Gasteiger charge is 2.19. The molecule has 0 radical (unpaired) electrons. The van der Waals surface area contributed by atoms with Gasteiger partial charge in [0, 0.05) is 29.1 Å². The first-order chi connectivity index (χ1) is 13.1. The number of aryl methyl sites for hydroxylation is 1. The van der Waals surface area contributed by atoms with Crippen molar-refractivity contribution in [3.63, 3.8) is 0 Å². The van der Waals surface area contributed by atoms with E-state index in [4.69, 9.17) is 21.3 Å². The van der Waals surface area contributed by atoms with E-state index in [9.17, 15) is 4.79 Å². The van der Waals surface area contributed by atoms with Gasteiger partial charge in [0.15, 0.2) is 0 Å². The number of pyridine rings is 1.